The first-order chi connectivity index (χ1) is 38.0. The summed E-state index contributed by atoms with van der Waals surface area (Å²) in [5, 5.41) is 31.1. The number of carboxylic acids is 2. The lowest BCUT2D eigenvalue weighted by molar-refractivity contribution is -0.143. The lowest BCUT2D eigenvalue weighted by atomic mass is 10.0. The van der Waals surface area contributed by atoms with Gasteiger partial charge in [-0.1, -0.05) is 45.4 Å². The van der Waals surface area contributed by atoms with Gasteiger partial charge in [0.15, 0.2) is 23.0 Å². The minimum Gasteiger partial charge on any atom is -0.493 e. The van der Waals surface area contributed by atoms with Crippen molar-refractivity contribution in [2.75, 3.05) is 85.3 Å². The second kappa shape index (κ2) is 34.6. The Bertz CT molecular complexity index is 2710. The molecule has 0 saturated carbocycles. The summed E-state index contributed by atoms with van der Waals surface area (Å²) in [4.78, 5) is 109. The van der Waals surface area contributed by atoms with Gasteiger partial charge in [0, 0.05) is 50.8 Å². The number of ether oxygens (including phenoxy) is 6. The monoisotopic (exact) mass is 1110 g/mol. The SMILES string of the molecule is CCCCOc1nc(N)c2[nH]c(=O)n(Cc3ccc(C(=O)NCCCOCCOCCOCCCNC(=O)CCCOc4ccc(/C=C/C(=O)NCC(=O)N[C@H](C(=O)N[C@H](CCC(=O)O)C(=O)O)C(C)C)cc4OC)cc3)c2n1. The second-order valence-corrected chi connectivity index (χ2v) is 18.2. The Morgan fingerprint density at radius 1 is 0.759 bits per heavy atom. The van der Waals surface area contributed by atoms with Gasteiger partial charge in [0.25, 0.3) is 5.91 Å². The molecule has 79 heavy (non-hydrogen) atoms. The maximum absolute atomic E-state index is 12.8. The molecule has 2 aromatic carbocycles. The average molecular weight is 1110 g/mol. The van der Waals surface area contributed by atoms with Crippen molar-refractivity contribution >= 4 is 64.5 Å². The number of carboxylic acid groups (broad SMARTS) is 2. The van der Waals surface area contributed by atoms with Crippen LogP contribution in [0.15, 0.2) is 53.3 Å². The summed E-state index contributed by atoms with van der Waals surface area (Å²) in [6.45, 7) is 9.00. The van der Waals surface area contributed by atoms with Crippen molar-refractivity contribution in [1.82, 2.24) is 46.1 Å². The third-order valence-corrected chi connectivity index (χ3v) is 11.6. The fraction of sp³-hybridized carbons (Fsp3) is 0.509. The van der Waals surface area contributed by atoms with E-state index in [4.69, 9.17) is 39.3 Å². The van der Waals surface area contributed by atoms with Gasteiger partial charge in [0.2, 0.25) is 23.6 Å². The first-order valence-corrected chi connectivity index (χ1v) is 26.1. The number of imidazole rings is 1. The Morgan fingerprint density at radius 3 is 2.08 bits per heavy atom. The van der Waals surface area contributed by atoms with E-state index in [0.29, 0.717) is 112 Å². The molecule has 2 atom stereocenters. The number of carbonyl (C=O) groups excluding carboxylic acids is 5. The van der Waals surface area contributed by atoms with Gasteiger partial charge < -0.3 is 75.9 Å². The minimum atomic E-state index is -1.46. The number of nitrogens with one attached hydrogen (secondary N) is 6. The molecular formula is C53H74N10O16. The molecule has 0 saturated heterocycles. The number of aromatic nitrogens is 4. The second-order valence-electron chi connectivity index (χ2n) is 18.2. The molecule has 26 nitrogen and oxygen atoms in total. The highest BCUT2D eigenvalue weighted by Crippen LogP contribution is 2.29. The van der Waals surface area contributed by atoms with Crippen LogP contribution in [0.2, 0.25) is 0 Å². The van der Waals surface area contributed by atoms with Gasteiger partial charge in [-0.25, -0.2) is 9.59 Å². The fourth-order valence-electron chi connectivity index (χ4n) is 7.27. The Morgan fingerprint density at radius 2 is 1.43 bits per heavy atom. The van der Waals surface area contributed by atoms with Crippen LogP contribution in [0.25, 0.3) is 17.2 Å². The Balaban J connectivity index is 0.979. The van der Waals surface area contributed by atoms with Crippen molar-refractivity contribution < 1.29 is 72.2 Å². The molecule has 0 aliphatic rings. The van der Waals surface area contributed by atoms with Gasteiger partial charge in [-0.15, -0.1) is 0 Å². The van der Waals surface area contributed by atoms with E-state index in [9.17, 15) is 43.5 Å². The number of benzene rings is 2. The third kappa shape index (κ3) is 23.2. The molecule has 0 unspecified atom stereocenters. The summed E-state index contributed by atoms with van der Waals surface area (Å²) < 4.78 is 35.1. The molecular weight excluding hydrogens is 1030 g/mol. The summed E-state index contributed by atoms with van der Waals surface area (Å²) >= 11 is 0. The molecule has 0 aliphatic heterocycles. The van der Waals surface area contributed by atoms with Crippen molar-refractivity contribution in [1.29, 1.82) is 0 Å². The van der Waals surface area contributed by atoms with Crippen LogP contribution in [0, 0.1) is 5.92 Å². The van der Waals surface area contributed by atoms with Gasteiger partial charge in [-0.05, 0) is 79.5 Å². The highest BCUT2D eigenvalue weighted by molar-refractivity contribution is 5.96. The predicted molar refractivity (Wildman–Crippen MR) is 289 cm³/mol. The summed E-state index contributed by atoms with van der Waals surface area (Å²) in [5.41, 5.74) is 8.18. The number of hydrogen-bond acceptors (Lipinski definition) is 17. The van der Waals surface area contributed by atoms with E-state index in [1.165, 1.54) is 23.8 Å². The van der Waals surface area contributed by atoms with Gasteiger partial charge in [0.05, 0.1) is 59.8 Å². The normalized spacial score (nSPS) is 12.0. The largest absolute Gasteiger partial charge is 0.493 e. The molecule has 4 rings (SSSR count). The highest BCUT2D eigenvalue weighted by Gasteiger charge is 2.29. The molecule has 0 aliphatic carbocycles. The van der Waals surface area contributed by atoms with Gasteiger partial charge in [-0.2, -0.15) is 9.97 Å². The van der Waals surface area contributed by atoms with Crippen molar-refractivity contribution in [3.05, 3.63) is 75.7 Å². The first-order valence-electron chi connectivity index (χ1n) is 26.1. The summed E-state index contributed by atoms with van der Waals surface area (Å²) in [6.07, 6.45) is 5.56. The van der Waals surface area contributed by atoms with E-state index in [0.717, 1.165) is 18.4 Å². The number of rotatable bonds is 39. The number of fused-ring (bicyclic) bond motifs is 1. The number of methoxy groups -OCH3 is 1. The zero-order valence-electron chi connectivity index (χ0n) is 45.1. The lowest BCUT2D eigenvalue weighted by Gasteiger charge is -2.24. The minimum absolute atomic E-state index is 0.107. The smallest absolute Gasteiger partial charge is 0.328 e. The summed E-state index contributed by atoms with van der Waals surface area (Å²) in [6, 6.07) is 9.42. The number of carbonyl (C=O) groups is 7. The fourth-order valence-corrected chi connectivity index (χ4v) is 7.27. The van der Waals surface area contributed by atoms with Crippen LogP contribution in [-0.4, -0.2) is 163 Å². The number of nitrogens with two attached hydrogens (primary N) is 1. The van der Waals surface area contributed by atoms with Gasteiger partial charge >= 0.3 is 23.6 Å². The van der Waals surface area contributed by atoms with E-state index in [1.807, 2.05) is 6.92 Å². The van der Waals surface area contributed by atoms with Crippen LogP contribution >= 0.6 is 0 Å². The van der Waals surface area contributed by atoms with Crippen molar-refractivity contribution in [2.45, 2.75) is 90.8 Å². The number of aliphatic carboxylic acids is 2. The number of aromatic amines is 1. The number of nitrogen functional groups attached to an aromatic ring is 1. The van der Waals surface area contributed by atoms with Crippen molar-refractivity contribution in [2.24, 2.45) is 5.92 Å². The van der Waals surface area contributed by atoms with E-state index < -0.39 is 60.6 Å². The number of hydrogen-bond donors (Lipinski definition) is 9. The number of unbranched alkanes of at least 4 members (excludes halogenated alkanes) is 1. The van der Waals surface area contributed by atoms with Crippen LogP contribution < -0.4 is 52.2 Å². The van der Waals surface area contributed by atoms with Crippen LogP contribution in [0.3, 0.4) is 0 Å². The summed E-state index contributed by atoms with van der Waals surface area (Å²) in [7, 11) is 1.46. The van der Waals surface area contributed by atoms with Crippen LogP contribution in [0.5, 0.6) is 17.5 Å². The van der Waals surface area contributed by atoms with E-state index in [2.05, 4.69) is 41.5 Å². The molecule has 5 amide bonds. The molecule has 2 heterocycles. The van der Waals surface area contributed by atoms with Gasteiger partial charge in [0.1, 0.15) is 17.6 Å². The number of anilines is 1. The molecule has 26 heteroatoms. The van der Waals surface area contributed by atoms with Gasteiger partial charge in [-0.3, -0.25) is 33.3 Å². The number of nitrogens with zero attached hydrogens (tertiary/aromatic N) is 3. The highest BCUT2D eigenvalue weighted by atomic mass is 16.5. The van der Waals surface area contributed by atoms with E-state index >= 15 is 0 Å². The molecule has 4 aromatic rings. The van der Waals surface area contributed by atoms with Crippen molar-refractivity contribution in [3.8, 4) is 17.5 Å². The van der Waals surface area contributed by atoms with Crippen LogP contribution in [0.4, 0.5) is 5.82 Å². The Labute approximate surface area is 456 Å². The first kappa shape index (κ1) is 63.4. The standard InChI is InChI=1S/C53H74N10O16/c1-5-6-25-79-52-61-47(54)46-48(62-52)63(53(73)60-46)33-36-11-15-37(16-12-36)49(69)56-22-9-24-76-28-30-77-29-27-75-23-8-21-55-41(64)10-7-26-78-39-18-13-35(31-40(39)74-4)14-19-42(65)57-32-43(66)59-45(34(2)3)50(70)58-38(51(71)72)17-20-44(67)68/h11-16,18-19,31,34,38,45H,5-10,17,20-30,32-33H2,1-4H3,(H,55,64)(H,56,69)(H,57,65)(H,58,70)(H,59,66)(H,60,73)(H,67,68)(H,71,72)(H2,54,61,62)/b19-14+/t38-,45+/m1/s1. The lowest BCUT2D eigenvalue weighted by Crippen LogP contribution is -2.55. The molecule has 0 bridgehead atoms. The molecule has 432 valence electrons. The molecule has 10 N–H and O–H groups in total. The topological polar surface area (TPSA) is 365 Å². The Kier molecular flexibility index (Phi) is 27.8. The predicted octanol–water partition coefficient (Wildman–Crippen LogP) is 2.18. The zero-order valence-corrected chi connectivity index (χ0v) is 45.1. The van der Waals surface area contributed by atoms with Crippen LogP contribution in [0.1, 0.15) is 93.6 Å². The molecule has 2 aromatic heterocycles. The van der Waals surface area contributed by atoms with E-state index in [1.54, 1.807) is 56.3 Å². The number of H-pyrrole nitrogens is 1. The molecule has 0 radical (unpaired) electrons. The van der Waals surface area contributed by atoms with E-state index in [-0.39, 0.29) is 55.3 Å². The quantitative estimate of drug-likeness (QED) is 0.0228. The third-order valence-electron chi connectivity index (χ3n) is 11.6. The maximum atomic E-state index is 12.8. The molecule has 0 fully saturated rings. The Hall–Kier alpha value is -8.10. The zero-order chi connectivity index (χ0) is 57.5. The average Bonchev–Trinajstić information content (AvgIpc) is 3.92. The summed E-state index contributed by atoms with van der Waals surface area (Å²) in [5.74, 6) is -4.63. The van der Waals surface area contributed by atoms with Crippen molar-refractivity contribution in [3.63, 3.8) is 0 Å². The molecule has 0 spiro atoms. The number of amides is 5. The maximum Gasteiger partial charge on any atom is 0.328 e. The van der Waals surface area contributed by atoms with Crippen LogP contribution in [-0.2, 0) is 49.5 Å².